The summed E-state index contributed by atoms with van der Waals surface area (Å²) in [4.78, 5) is 7.95. The Morgan fingerprint density at radius 1 is 1.14 bits per heavy atom. The lowest BCUT2D eigenvalue weighted by Crippen LogP contribution is -1.92. The fraction of sp³-hybridized carbons (Fsp3) is 0.188. The van der Waals surface area contributed by atoms with E-state index in [1.54, 1.807) is 11.8 Å². The summed E-state index contributed by atoms with van der Waals surface area (Å²) in [5.41, 5.74) is 4.52. The minimum absolute atomic E-state index is 0.314. The molecule has 4 rings (SSSR count). The van der Waals surface area contributed by atoms with Crippen molar-refractivity contribution in [2.24, 2.45) is 0 Å². The third-order valence-corrected chi connectivity index (χ3v) is 4.37. The number of rotatable bonds is 3. The van der Waals surface area contributed by atoms with Gasteiger partial charge in [0.05, 0.1) is 11.0 Å². The Bertz CT molecular complexity index is 813. The molecule has 1 N–H and O–H groups in total. The first kappa shape index (κ1) is 12.6. The predicted molar refractivity (Wildman–Crippen MR) is 83.0 cm³/mol. The van der Waals surface area contributed by atoms with Crippen molar-refractivity contribution >= 4 is 22.8 Å². The van der Waals surface area contributed by atoms with Gasteiger partial charge in [0.15, 0.2) is 16.7 Å². The van der Waals surface area contributed by atoms with E-state index in [4.69, 9.17) is 9.47 Å². The smallest absolute Gasteiger partial charge is 0.231 e. The summed E-state index contributed by atoms with van der Waals surface area (Å²) < 4.78 is 10.7. The van der Waals surface area contributed by atoms with E-state index in [0.717, 1.165) is 33.4 Å². The topological polar surface area (TPSA) is 47.1 Å². The number of nitrogens with one attached hydrogen (secondary N) is 1. The van der Waals surface area contributed by atoms with E-state index in [0.29, 0.717) is 6.79 Å². The van der Waals surface area contributed by atoms with Gasteiger partial charge in [-0.3, -0.25) is 0 Å². The van der Waals surface area contributed by atoms with Crippen molar-refractivity contribution in [3.05, 3.63) is 47.5 Å². The molecule has 21 heavy (non-hydrogen) atoms. The molecule has 0 amide bonds. The second-order valence-electron chi connectivity index (χ2n) is 5.04. The zero-order chi connectivity index (χ0) is 14.2. The molecule has 106 valence electrons. The zero-order valence-electron chi connectivity index (χ0n) is 11.6. The molecule has 0 saturated carbocycles. The Kier molecular flexibility index (Phi) is 3.00. The molecule has 1 aliphatic heterocycles. The van der Waals surface area contributed by atoms with Crippen LogP contribution in [0.4, 0.5) is 0 Å². The minimum atomic E-state index is 0.314. The fourth-order valence-electron chi connectivity index (χ4n) is 2.35. The molecule has 0 radical (unpaired) electrons. The van der Waals surface area contributed by atoms with Gasteiger partial charge in [0, 0.05) is 5.75 Å². The maximum Gasteiger partial charge on any atom is 0.231 e. The lowest BCUT2D eigenvalue weighted by molar-refractivity contribution is 0.174. The third kappa shape index (κ3) is 2.45. The number of H-pyrrole nitrogens is 1. The zero-order valence-corrected chi connectivity index (χ0v) is 12.4. The summed E-state index contributed by atoms with van der Waals surface area (Å²) in [5.74, 6) is 2.49. The number of hydrogen-bond acceptors (Lipinski definition) is 4. The van der Waals surface area contributed by atoms with Crippen LogP contribution in [0.3, 0.4) is 0 Å². The lowest BCUT2D eigenvalue weighted by Gasteiger charge is -2.01. The van der Waals surface area contributed by atoms with Gasteiger partial charge in [-0.15, -0.1) is 0 Å². The Labute approximate surface area is 126 Å². The summed E-state index contributed by atoms with van der Waals surface area (Å²) in [7, 11) is 0. The first-order valence-corrected chi connectivity index (χ1v) is 7.74. The first-order valence-electron chi connectivity index (χ1n) is 6.76. The van der Waals surface area contributed by atoms with Gasteiger partial charge in [0.1, 0.15) is 0 Å². The highest BCUT2D eigenvalue weighted by atomic mass is 32.2. The molecule has 4 nitrogen and oxygen atoms in total. The predicted octanol–water partition coefficient (Wildman–Crippen LogP) is 3.89. The van der Waals surface area contributed by atoms with Gasteiger partial charge >= 0.3 is 0 Å². The minimum Gasteiger partial charge on any atom is -0.454 e. The second kappa shape index (κ2) is 5.00. The lowest BCUT2D eigenvalue weighted by atomic mass is 10.2. The quantitative estimate of drug-likeness (QED) is 0.745. The molecular formula is C16H14N2O2S. The number of aromatic nitrogens is 2. The number of aryl methyl sites for hydroxylation is 1. The molecule has 0 saturated heterocycles. The molecule has 2 heterocycles. The molecule has 0 aliphatic carbocycles. The maximum atomic E-state index is 5.40. The fourth-order valence-corrected chi connectivity index (χ4v) is 3.18. The van der Waals surface area contributed by atoms with Gasteiger partial charge in [0.2, 0.25) is 6.79 Å². The van der Waals surface area contributed by atoms with Crippen LogP contribution < -0.4 is 9.47 Å². The highest BCUT2D eigenvalue weighted by molar-refractivity contribution is 7.98. The average molecular weight is 298 g/mol. The van der Waals surface area contributed by atoms with Crippen LogP contribution in [0.25, 0.3) is 11.0 Å². The Hall–Kier alpha value is -2.14. The van der Waals surface area contributed by atoms with Gasteiger partial charge in [-0.25, -0.2) is 4.98 Å². The van der Waals surface area contributed by atoms with Gasteiger partial charge in [-0.05, 0) is 42.3 Å². The molecule has 1 aliphatic rings. The van der Waals surface area contributed by atoms with Crippen molar-refractivity contribution in [1.29, 1.82) is 0 Å². The van der Waals surface area contributed by atoms with Crippen LogP contribution in [-0.4, -0.2) is 16.8 Å². The van der Waals surface area contributed by atoms with E-state index >= 15 is 0 Å². The maximum absolute atomic E-state index is 5.40. The van der Waals surface area contributed by atoms with Gasteiger partial charge in [0.25, 0.3) is 0 Å². The van der Waals surface area contributed by atoms with Crippen LogP contribution in [-0.2, 0) is 5.75 Å². The summed E-state index contributed by atoms with van der Waals surface area (Å²) in [6.07, 6.45) is 0. The van der Waals surface area contributed by atoms with E-state index < -0.39 is 0 Å². The van der Waals surface area contributed by atoms with Gasteiger partial charge in [-0.2, -0.15) is 0 Å². The van der Waals surface area contributed by atoms with Crippen molar-refractivity contribution in [1.82, 2.24) is 9.97 Å². The largest absolute Gasteiger partial charge is 0.454 e. The molecule has 0 fully saturated rings. The van der Waals surface area contributed by atoms with Crippen molar-refractivity contribution in [2.45, 2.75) is 17.8 Å². The standard InChI is InChI=1S/C16H14N2O2S/c1-10-2-4-12-13(6-10)18-16(17-12)21-8-11-3-5-14-15(7-11)20-9-19-14/h2-7H,8-9H2,1H3,(H,17,18). The highest BCUT2D eigenvalue weighted by Crippen LogP contribution is 2.34. The number of nitrogens with zero attached hydrogens (tertiary/aromatic N) is 1. The summed E-state index contributed by atoms with van der Waals surface area (Å²) in [5, 5.41) is 0.938. The molecule has 5 heteroatoms. The Morgan fingerprint density at radius 2 is 2.05 bits per heavy atom. The first-order chi connectivity index (χ1) is 10.3. The van der Waals surface area contributed by atoms with E-state index in [1.165, 1.54) is 11.1 Å². The monoisotopic (exact) mass is 298 g/mol. The van der Waals surface area contributed by atoms with Crippen LogP contribution in [0.1, 0.15) is 11.1 Å². The van der Waals surface area contributed by atoms with Gasteiger partial charge < -0.3 is 14.5 Å². The normalized spacial score (nSPS) is 13.0. The Balaban J connectivity index is 1.52. The van der Waals surface area contributed by atoms with Crippen molar-refractivity contribution in [3.63, 3.8) is 0 Å². The molecule has 3 aromatic rings. The SMILES string of the molecule is Cc1ccc2nc(SCc3ccc4c(c3)OCO4)[nH]c2c1. The summed E-state index contributed by atoms with van der Waals surface area (Å²) in [6, 6.07) is 12.3. The van der Waals surface area contributed by atoms with Crippen molar-refractivity contribution in [2.75, 3.05) is 6.79 Å². The number of hydrogen-bond donors (Lipinski definition) is 1. The number of aromatic amines is 1. The molecule has 0 atom stereocenters. The van der Waals surface area contributed by atoms with Crippen LogP contribution in [0, 0.1) is 6.92 Å². The summed E-state index contributed by atoms with van der Waals surface area (Å²) in [6.45, 7) is 2.40. The number of fused-ring (bicyclic) bond motifs is 2. The third-order valence-electron chi connectivity index (χ3n) is 3.43. The molecule has 0 spiro atoms. The van der Waals surface area contributed by atoms with E-state index in [-0.39, 0.29) is 0 Å². The molecule has 0 unspecified atom stereocenters. The second-order valence-corrected chi connectivity index (χ2v) is 6.00. The van der Waals surface area contributed by atoms with Crippen LogP contribution in [0.15, 0.2) is 41.6 Å². The van der Waals surface area contributed by atoms with E-state index in [2.05, 4.69) is 35.1 Å². The molecule has 2 aromatic carbocycles. The highest BCUT2D eigenvalue weighted by Gasteiger charge is 2.13. The Morgan fingerprint density at radius 3 is 3.00 bits per heavy atom. The van der Waals surface area contributed by atoms with Crippen molar-refractivity contribution in [3.8, 4) is 11.5 Å². The van der Waals surface area contributed by atoms with Crippen LogP contribution in [0.5, 0.6) is 11.5 Å². The summed E-state index contributed by atoms with van der Waals surface area (Å²) >= 11 is 1.69. The molecule has 0 bridgehead atoms. The van der Waals surface area contributed by atoms with Gasteiger partial charge in [-0.1, -0.05) is 23.9 Å². The van der Waals surface area contributed by atoms with E-state index in [9.17, 15) is 0 Å². The average Bonchev–Trinajstić information content (AvgIpc) is 3.09. The number of ether oxygens (including phenoxy) is 2. The molecule has 1 aromatic heterocycles. The number of thioether (sulfide) groups is 1. The van der Waals surface area contributed by atoms with Crippen molar-refractivity contribution < 1.29 is 9.47 Å². The molecular weight excluding hydrogens is 284 g/mol. The number of imidazole rings is 1. The van der Waals surface area contributed by atoms with E-state index in [1.807, 2.05) is 18.2 Å². The number of benzene rings is 2. The van der Waals surface area contributed by atoms with Crippen LogP contribution >= 0.6 is 11.8 Å². The van der Waals surface area contributed by atoms with Crippen LogP contribution in [0.2, 0.25) is 0 Å².